The lowest BCUT2D eigenvalue weighted by atomic mass is 10.2. The molecule has 1 heterocycles. The smallest absolute Gasteiger partial charge is 0.268 e. The molecule has 1 rings (SSSR count). The summed E-state index contributed by atoms with van der Waals surface area (Å²) in [6.07, 6.45) is 1.78. The Kier molecular flexibility index (Phi) is 3.09. The Balaban J connectivity index is 3.61. The Morgan fingerprint density at radius 1 is 1.69 bits per heavy atom. The first-order chi connectivity index (χ1) is 6.11. The van der Waals surface area contributed by atoms with Crippen molar-refractivity contribution in [3.05, 3.63) is 31.2 Å². The highest BCUT2D eigenvalue weighted by molar-refractivity contribution is 14.1. The zero-order valence-corrected chi connectivity index (χ0v) is 9.62. The van der Waals surface area contributed by atoms with E-state index in [1.165, 1.54) is 0 Å². The first-order valence-corrected chi connectivity index (χ1v) is 4.99. The maximum absolute atomic E-state index is 11.5. The van der Waals surface area contributed by atoms with Gasteiger partial charge in [-0.1, -0.05) is 0 Å². The number of aromatic nitrogens is 1. The summed E-state index contributed by atoms with van der Waals surface area (Å²) in [5, 5.41) is 8.78. The molecule has 0 fully saturated rings. The largest absolute Gasteiger partial charge is 0.314 e. The topological polar surface area (TPSA) is 45.8 Å². The fourth-order valence-electron chi connectivity index (χ4n) is 1.08. The lowest BCUT2D eigenvalue weighted by molar-refractivity contribution is 0.719. The van der Waals surface area contributed by atoms with Gasteiger partial charge in [0.2, 0.25) is 0 Å². The van der Waals surface area contributed by atoms with Gasteiger partial charge < -0.3 is 4.57 Å². The number of aryl methyl sites for hydroxylation is 1. The quantitative estimate of drug-likeness (QED) is 0.738. The molecule has 0 bridgehead atoms. The fourth-order valence-corrected chi connectivity index (χ4v) is 1.69. The summed E-state index contributed by atoms with van der Waals surface area (Å²) in [5.74, 6) is 0. The van der Waals surface area contributed by atoms with E-state index < -0.39 is 0 Å². The highest BCUT2D eigenvalue weighted by Gasteiger charge is 2.08. The van der Waals surface area contributed by atoms with Crippen LogP contribution in [0.3, 0.4) is 0 Å². The Labute approximate surface area is 90.1 Å². The minimum absolute atomic E-state index is 0.192. The minimum Gasteiger partial charge on any atom is -0.314 e. The summed E-state index contributed by atoms with van der Waals surface area (Å²) in [7, 11) is 0. The van der Waals surface area contributed by atoms with Gasteiger partial charge in [0.15, 0.2) is 0 Å². The van der Waals surface area contributed by atoms with E-state index in [9.17, 15) is 4.79 Å². The van der Waals surface area contributed by atoms with Crippen LogP contribution < -0.4 is 5.56 Å². The molecule has 1 aromatic heterocycles. The summed E-state index contributed by atoms with van der Waals surface area (Å²) in [4.78, 5) is 11.5. The van der Waals surface area contributed by atoms with Gasteiger partial charge in [-0.25, -0.2) is 0 Å². The molecule has 0 aliphatic rings. The number of rotatable bonds is 1. The summed E-state index contributed by atoms with van der Waals surface area (Å²) < 4.78 is 2.50. The Morgan fingerprint density at radius 3 is 2.77 bits per heavy atom. The fraction of sp³-hybridized carbons (Fsp3) is 0.333. The van der Waals surface area contributed by atoms with Crippen LogP contribution in [0.1, 0.15) is 18.1 Å². The van der Waals surface area contributed by atoms with Crippen molar-refractivity contribution in [2.45, 2.75) is 20.4 Å². The van der Waals surface area contributed by atoms with Crippen molar-refractivity contribution in [1.29, 1.82) is 5.26 Å². The summed E-state index contributed by atoms with van der Waals surface area (Å²) >= 11 is 2.13. The van der Waals surface area contributed by atoms with Crippen LogP contribution >= 0.6 is 22.6 Å². The summed E-state index contributed by atoms with van der Waals surface area (Å²) in [6, 6.07) is 1.94. The zero-order chi connectivity index (χ0) is 10.0. The molecule has 0 spiro atoms. The molecule has 0 saturated heterocycles. The third-order valence-corrected chi connectivity index (χ3v) is 3.02. The van der Waals surface area contributed by atoms with E-state index in [1.54, 1.807) is 17.7 Å². The van der Waals surface area contributed by atoms with Crippen LogP contribution in [0.15, 0.2) is 11.0 Å². The van der Waals surface area contributed by atoms with Gasteiger partial charge in [0, 0.05) is 16.3 Å². The average Bonchev–Trinajstić information content (AvgIpc) is 2.12. The van der Waals surface area contributed by atoms with Crippen molar-refractivity contribution in [3.8, 4) is 6.07 Å². The molecular formula is C9H9IN2O. The molecule has 68 valence electrons. The second kappa shape index (κ2) is 3.92. The van der Waals surface area contributed by atoms with Crippen molar-refractivity contribution in [1.82, 2.24) is 4.57 Å². The molecule has 3 nitrogen and oxygen atoms in total. The highest BCUT2D eigenvalue weighted by Crippen LogP contribution is 2.11. The van der Waals surface area contributed by atoms with Gasteiger partial charge in [-0.15, -0.1) is 0 Å². The van der Waals surface area contributed by atoms with Crippen molar-refractivity contribution in [2.24, 2.45) is 0 Å². The molecule has 4 heteroatoms. The van der Waals surface area contributed by atoms with E-state index in [-0.39, 0.29) is 11.1 Å². The number of hydrogen-bond donors (Lipinski definition) is 0. The van der Waals surface area contributed by atoms with Gasteiger partial charge in [0.05, 0.1) is 0 Å². The van der Waals surface area contributed by atoms with Crippen LogP contribution in [0.5, 0.6) is 0 Å². The SMILES string of the molecule is CCn1cc(I)c(C)c(C#N)c1=O. The first-order valence-electron chi connectivity index (χ1n) is 3.91. The highest BCUT2D eigenvalue weighted by atomic mass is 127. The summed E-state index contributed by atoms with van der Waals surface area (Å²) in [5.41, 5.74) is 0.842. The van der Waals surface area contributed by atoms with Crippen molar-refractivity contribution in [2.75, 3.05) is 0 Å². The lowest BCUT2D eigenvalue weighted by Crippen LogP contribution is -2.23. The summed E-state index contributed by atoms with van der Waals surface area (Å²) in [6.45, 7) is 4.28. The van der Waals surface area contributed by atoms with Crippen LogP contribution in [0.2, 0.25) is 0 Å². The lowest BCUT2D eigenvalue weighted by Gasteiger charge is -2.06. The molecule has 0 radical (unpaired) electrons. The molecule has 0 aliphatic carbocycles. The van der Waals surface area contributed by atoms with Crippen LogP contribution in [-0.2, 0) is 6.54 Å². The Morgan fingerprint density at radius 2 is 2.31 bits per heavy atom. The minimum atomic E-state index is -0.192. The molecule has 0 atom stereocenters. The number of nitrogens with zero attached hydrogens (tertiary/aromatic N) is 2. The van der Waals surface area contributed by atoms with Crippen LogP contribution in [0, 0.1) is 21.8 Å². The monoisotopic (exact) mass is 288 g/mol. The van der Waals surface area contributed by atoms with Crippen molar-refractivity contribution in [3.63, 3.8) is 0 Å². The number of pyridine rings is 1. The first kappa shape index (κ1) is 10.3. The predicted octanol–water partition coefficient (Wildman–Crippen LogP) is 1.65. The number of halogens is 1. The predicted molar refractivity (Wildman–Crippen MR) is 58.5 cm³/mol. The van der Waals surface area contributed by atoms with E-state index in [2.05, 4.69) is 22.6 Å². The van der Waals surface area contributed by atoms with Gasteiger partial charge in [-0.05, 0) is 42.0 Å². The van der Waals surface area contributed by atoms with Gasteiger partial charge in [-0.3, -0.25) is 4.79 Å². The van der Waals surface area contributed by atoms with Gasteiger partial charge >= 0.3 is 0 Å². The number of hydrogen-bond acceptors (Lipinski definition) is 2. The van der Waals surface area contributed by atoms with Crippen LogP contribution in [0.25, 0.3) is 0 Å². The molecule has 0 aromatic carbocycles. The molecule has 0 N–H and O–H groups in total. The third-order valence-electron chi connectivity index (χ3n) is 1.93. The molecule has 0 saturated carbocycles. The van der Waals surface area contributed by atoms with Crippen LogP contribution in [0.4, 0.5) is 0 Å². The number of nitriles is 1. The van der Waals surface area contributed by atoms with Crippen LogP contribution in [-0.4, -0.2) is 4.57 Å². The Bertz CT molecular complexity index is 428. The molecule has 0 amide bonds. The molecule has 13 heavy (non-hydrogen) atoms. The maximum atomic E-state index is 11.5. The van der Waals surface area contributed by atoms with Crippen molar-refractivity contribution >= 4 is 22.6 Å². The molecular weight excluding hydrogens is 279 g/mol. The van der Waals surface area contributed by atoms with E-state index in [4.69, 9.17) is 5.26 Å². The molecule has 0 unspecified atom stereocenters. The third kappa shape index (κ3) is 1.75. The van der Waals surface area contributed by atoms with Crippen molar-refractivity contribution < 1.29 is 0 Å². The van der Waals surface area contributed by atoms with Gasteiger partial charge in [0.1, 0.15) is 11.6 Å². The van der Waals surface area contributed by atoms with E-state index in [1.807, 2.05) is 13.0 Å². The standard InChI is InChI=1S/C9H9IN2O/c1-3-12-5-8(10)6(2)7(4-11)9(12)13/h5H,3H2,1-2H3. The molecule has 1 aromatic rings. The molecule has 0 aliphatic heterocycles. The average molecular weight is 288 g/mol. The van der Waals surface area contributed by atoms with Gasteiger partial charge in [-0.2, -0.15) is 5.26 Å². The van der Waals surface area contributed by atoms with E-state index in [0.29, 0.717) is 6.54 Å². The van der Waals surface area contributed by atoms with E-state index in [0.717, 1.165) is 9.13 Å². The normalized spacial score (nSPS) is 9.69. The zero-order valence-electron chi connectivity index (χ0n) is 7.47. The Hall–Kier alpha value is -0.830. The van der Waals surface area contributed by atoms with Gasteiger partial charge in [0.25, 0.3) is 5.56 Å². The van der Waals surface area contributed by atoms with E-state index >= 15 is 0 Å². The second-order valence-electron chi connectivity index (χ2n) is 2.68. The maximum Gasteiger partial charge on any atom is 0.268 e. The second-order valence-corrected chi connectivity index (χ2v) is 3.84.